The molecule has 1 aliphatic heterocycles. The van der Waals surface area contributed by atoms with Gasteiger partial charge in [0.05, 0.1) is 18.6 Å². The predicted molar refractivity (Wildman–Crippen MR) is 85.9 cm³/mol. The van der Waals surface area contributed by atoms with Gasteiger partial charge in [0.2, 0.25) is 0 Å². The van der Waals surface area contributed by atoms with Crippen molar-refractivity contribution in [2.24, 2.45) is 0 Å². The number of furan rings is 1. The van der Waals surface area contributed by atoms with Crippen LogP contribution in [-0.4, -0.2) is 46.7 Å². The summed E-state index contributed by atoms with van der Waals surface area (Å²) in [5.74, 6) is 0.908. The Kier molecular flexibility index (Phi) is 5.31. The largest absolute Gasteiger partial charge is 0.468 e. The van der Waals surface area contributed by atoms with Gasteiger partial charge in [-0.1, -0.05) is 0 Å². The molecule has 0 aliphatic carbocycles. The number of hydrogen-bond acceptors (Lipinski definition) is 4. The van der Waals surface area contributed by atoms with Gasteiger partial charge in [-0.15, -0.1) is 0 Å². The molecule has 2 amide bonds. The standard InChI is InChI=1S/C16H23N5O2/c22-16(18-6-10-20-9-5-17-13-20)19-12-14(15-4-3-11-23-15)21-7-1-2-8-21/h3-5,9,11,13-14H,1-2,6-8,10,12H2,(H2,18,19,22)/t14-/m1/s1. The summed E-state index contributed by atoms with van der Waals surface area (Å²) >= 11 is 0. The van der Waals surface area contributed by atoms with Crippen LogP contribution in [0.25, 0.3) is 0 Å². The number of nitrogens with one attached hydrogen (secondary N) is 2. The summed E-state index contributed by atoms with van der Waals surface area (Å²) in [5, 5.41) is 5.82. The molecule has 2 aromatic heterocycles. The maximum absolute atomic E-state index is 12.0. The van der Waals surface area contributed by atoms with Crippen molar-refractivity contribution in [2.45, 2.75) is 25.4 Å². The minimum absolute atomic E-state index is 0.104. The van der Waals surface area contributed by atoms with Gasteiger partial charge in [-0.25, -0.2) is 9.78 Å². The van der Waals surface area contributed by atoms with Crippen molar-refractivity contribution >= 4 is 6.03 Å². The zero-order valence-electron chi connectivity index (χ0n) is 13.1. The second kappa shape index (κ2) is 7.82. The normalized spacial score (nSPS) is 16.3. The Bertz CT molecular complexity index is 576. The first-order valence-electron chi connectivity index (χ1n) is 8.08. The summed E-state index contributed by atoms with van der Waals surface area (Å²) in [6.45, 7) is 3.92. The Morgan fingerprint density at radius 3 is 2.91 bits per heavy atom. The maximum Gasteiger partial charge on any atom is 0.314 e. The van der Waals surface area contributed by atoms with Crippen molar-refractivity contribution in [1.29, 1.82) is 0 Å². The van der Waals surface area contributed by atoms with Crippen LogP contribution in [0.1, 0.15) is 24.6 Å². The van der Waals surface area contributed by atoms with E-state index in [1.54, 1.807) is 18.8 Å². The van der Waals surface area contributed by atoms with Gasteiger partial charge in [0.15, 0.2) is 0 Å². The van der Waals surface area contributed by atoms with Crippen molar-refractivity contribution in [3.63, 3.8) is 0 Å². The van der Waals surface area contributed by atoms with Crippen LogP contribution in [-0.2, 0) is 6.54 Å². The molecule has 0 spiro atoms. The summed E-state index contributed by atoms with van der Waals surface area (Å²) in [7, 11) is 0. The van der Waals surface area contributed by atoms with Crippen LogP contribution in [0.3, 0.4) is 0 Å². The summed E-state index contributed by atoms with van der Waals surface area (Å²) in [4.78, 5) is 18.3. The Morgan fingerprint density at radius 1 is 1.35 bits per heavy atom. The van der Waals surface area contributed by atoms with E-state index in [0.717, 1.165) is 18.8 Å². The lowest BCUT2D eigenvalue weighted by molar-refractivity contribution is 0.203. The lowest BCUT2D eigenvalue weighted by Crippen LogP contribution is -2.42. The molecule has 2 aromatic rings. The minimum Gasteiger partial charge on any atom is -0.468 e. The minimum atomic E-state index is -0.152. The molecule has 3 heterocycles. The molecule has 1 aliphatic rings. The molecular formula is C16H23N5O2. The molecule has 0 aromatic carbocycles. The first kappa shape index (κ1) is 15.6. The molecule has 7 nitrogen and oxygen atoms in total. The van der Waals surface area contributed by atoms with Crippen LogP contribution >= 0.6 is 0 Å². The number of aromatic nitrogens is 2. The van der Waals surface area contributed by atoms with Crippen LogP contribution in [0.4, 0.5) is 4.79 Å². The van der Waals surface area contributed by atoms with Gasteiger partial charge in [-0.2, -0.15) is 0 Å². The van der Waals surface area contributed by atoms with E-state index in [0.29, 0.717) is 19.6 Å². The number of imidazole rings is 1. The summed E-state index contributed by atoms with van der Waals surface area (Å²) in [6.07, 6.45) is 9.43. The number of carbonyl (C=O) groups is 1. The quantitative estimate of drug-likeness (QED) is 0.813. The first-order chi connectivity index (χ1) is 11.3. The molecular weight excluding hydrogens is 294 g/mol. The van der Waals surface area contributed by atoms with Crippen LogP contribution in [0.5, 0.6) is 0 Å². The number of likely N-dealkylation sites (tertiary alicyclic amines) is 1. The van der Waals surface area contributed by atoms with Gasteiger partial charge in [-0.05, 0) is 38.1 Å². The van der Waals surface area contributed by atoms with Crippen LogP contribution in [0.15, 0.2) is 41.5 Å². The zero-order chi connectivity index (χ0) is 15.9. The van der Waals surface area contributed by atoms with E-state index in [1.807, 2.05) is 22.9 Å². The summed E-state index contributed by atoms with van der Waals surface area (Å²) < 4.78 is 7.47. The Labute approximate surface area is 135 Å². The molecule has 1 fully saturated rings. The lowest BCUT2D eigenvalue weighted by atomic mass is 10.2. The third-order valence-corrected chi connectivity index (χ3v) is 4.12. The third kappa shape index (κ3) is 4.35. The van der Waals surface area contributed by atoms with E-state index in [2.05, 4.69) is 20.5 Å². The molecule has 0 radical (unpaired) electrons. The van der Waals surface area contributed by atoms with E-state index in [1.165, 1.54) is 12.8 Å². The number of carbonyl (C=O) groups excluding carboxylic acids is 1. The fraction of sp³-hybridized carbons (Fsp3) is 0.500. The molecule has 1 atom stereocenters. The molecule has 23 heavy (non-hydrogen) atoms. The maximum atomic E-state index is 12.0. The molecule has 124 valence electrons. The number of rotatable bonds is 7. The Morgan fingerprint density at radius 2 is 2.22 bits per heavy atom. The molecule has 0 unspecified atom stereocenters. The topological polar surface area (TPSA) is 75.3 Å². The van der Waals surface area contributed by atoms with E-state index >= 15 is 0 Å². The van der Waals surface area contributed by atoms with Crippen molar-refractivity contribution in [1.82, 2.24) is 25.1 Å². The Hall–Kier alpha value is -2.28. The fourth-order valence-corrected chi connectivity index (χ4v) is 2.91. The smallest absolute Gasteiger partial charge is 0.314 e. The molecule has 0 bridgehead atoms. The SMILES string of the molecule is O=C(NCCn1ccnc1)NC[C@H](c1ccco1)N1CCCC1. The molecule has 0 saturated carbocycles. The summed E-state index contributed by atoms with van der Waals surface area (Å²) in [5.41, 5.74) is 0. The lowest BCUT2D eigenvalue weighted by Gasteiger charge is -2.26. The van der Waals surface area contributed by atoms with Crippen molar-refractivity contribution in [2.75, 3.05) is 26.2 Å². The van der Waals surface area contributed by atoms with E-state index < -0.39 is 0 Å². The average molecular weight is 317 g/mol. The van der Waals surface area contributed by atoms with Gasteiger partial charge < -0.3 is 19.6 Å². The summed E-state index contributed by atoms with van der Waals surface area (Å²) in [6, 6.07) is 3.82. The molecule has 7 heteroatoms. The highest BCUT2D eigenvalue weighted by atomic mass is 16.3. The van der Waals surface area contributed by atoms with Crippen molar-refractivity contribution in [3.8, 4) is 0 Å². The molecule has 2 N–H and O–H groups in total. The van der Waals surface area contributed by atoms with Gasteiger partial charge in [0.25, 0.3) is 0 Å². The van der Waals surface area contributed by atoms with Gasteiger partial charge in [-0.3, -0.25) is 4.90 Å². The van der Waals surface area contributed by atoms with Crippen LogP contribution in [0, 0.1) is 0 Å². The van der Waals surface area contributed by atoms with Gasteiger partial charge >= 0.3 is 6.03 Å². The number of urea groups is 1. The highest BCUT2D eigenvalue weighted by Gasteiger charge is 2.25. The Balaban J connectivity index is 1.45. The molecule has 3 rings (SSSR count). The second-order valence-corrected chi connectivity index (χ2v) is 5.71. The van der Waals surface area contributed by atoms with Crippen LogP contribution in [0.2, 0.25) is 0 Å². The predicted octanol–water partition coefficient (Wildman–Crippen LogP) is 1.61. The second-order valence-electron chi connectivity index (χ2n) is 5.71. The zero-order valence-corrected chi connectivity index (χ0v) is 13.1. The number of hydrogen-bond donors (Lipinski definition) is 2. The highest BCUT2D eigenvalue weighted by molar-refractivity contribution is 5.73. The van der Waals surface area contributed by atoms with Gasteiger partial charge in [0, 0.05) is 32.0 Å². The third-order valence-electron chi connectivity index (χ3n) is 4.12. The monoisotopic (exact) mass is 317 g/mol. The van der Waals surface area contributed by atoms with E-state index in [-0.39, 0.29) is 12.1 Å². The van der Waals surface area contributed by atoms with E-state index in [4.69, 9.17) is 4.42 Å². The number of nitrogens with zero attached hydrogens (tertiary/aromatic N) is 3. The first-order valence-corrected chi connectivity index (χ1v) is 8.08. The fourth-order valence-electron chi connectivity index (χ4n) is 2.91. The number of amides is 2. The van der Waals surface area contributed by atoms with Crippen molar-refractivity contribution in [3.05, 3.63) is 42.9 Å². The molecule has 1 saturated heterocycles. The average Bonchev–Trinajstić information content (AvgIpc) is 3.31. The van der Waals surface area contributed by atoms with Gasteiger partial charge in [0.1, 0.15) is 5.76 Å². The van der Waals surface area contributed by atoms with Crippen LogP contribution < -0.4 is 10.6 Å². The highest BCUT2D eigenvalue weighted by Crippen LogP contribution is 2.24. The van der Waals surface area contributed by atoms with E-state index in [9.17, 15) is 4.79 Å². The van der Waals surface area contributed by atoms with Crippen molar-refractivity contribution < 1.29 is 9.21 Å².